The van der Waals surface area contributed by atoms with E-state index in [4.69, 9.17) is 5.73 Å². The Kier molecular flexibility index (Phi) is 4.33. The fraction of sp³-hybridized carbons (Fsp3) is 0.208. The van der Waals surface area contributed by atoms with Crippen LogP contribution >= 0.6 is 0 Å². The summed E-state index contributed by atoms with van der Waals surface area (Å²) in [5.74, 6) is 0. The van der Waals surface area contributed by atoms with Crippen LogP contribution in [0.25, 0.3) is 27.5 Å². The van der Waals surface area contributed by atoms with Crippen LogP contribution in [0.15, 0.2) is 66.7 Å². The molecule has 27 heavy (non-hydrogen) atoms. The highest BCUT2D eigenvalue weighted by molar-refractivity contribution is 6.10. The van der Waals surface area contributed by atoms with Gasteiger partial charge in [0.1, 0.15) is 6.29 Å². The Hall–Kier alpha value is -2.91. The van der Waals surface area contributed by atoms with Gasteiger partial charge >= 0.3 is 0 Å². The third-order valence-corrected chi connectivity index (χ3v) is 5.79. The fourth-order valence-electron chi connectivity index (χ4n) is 3.94. The Labute approximate surface area is 159 Å². The molecule has 0 amide bonds. The molecule has 2 N–H and O–H groups in total. The molecule has 3 aromatic carbocycles. The van der Waals surface area contributed by atoms with Crippen molar-refractivity contribution < 1.29 is 4.79 Å². The Balaban J connectivity index is 1.94. The highest BCUT2D eigenvalue weighted by atomic mass is 16.1. The van der Waals surface area contributed by atoms with Crippen LogP contribution in [0, 0.1) is 0 Å². The second-order valence-corrected chi connectivity index (χ2v) is 7.16. The largest absolute Gasteiger partial charge is 0.321 e. The molecule has 0 atom stereocenters. The van der Waals surface area contributed by atoms with Crippen molar-refractivity contribution in [1.29, 1.82) is 0 Å². The molecule has 0 aliphatic rings. The minimum Gasteiger partial charge on any atom is -0.321 e. The fourth-order valence-corrected chi connectivity index (χ4v) is 3.94. The maximum absolute atomic E-state index is 11.2. The first-order valence-electron chi connectivity index (χ1n) is 9.49. The topological polar surface area (TPSA) is 48.0 Å². The Morgan fingerprint density at radius 3 is 2.22 bits per heavy atom. The lowest BCUT2D eigenvalue weighted by atomic mass is 9.86. The summed E-state index contributed by atoms with van der Waals surface area (Å²) in [6.07, 6.45) is 2.72. The number of hydrogen-bond acceptors (Lipinski definition) is 2. The van der Waals surface area contributed by atoms with Gasteiger partial charge in [0.25, 0.3) is 0 Å². The molecule has 0 aliphatic heterocycles. The SMILES string of the molecule is CCC(N)(CC)c1ccc(-n2c3ccccc3c3cc(C=O)ccc32)cc1. The normalized spacial score (nSPS) is 12.0. The van der Waals surface area contributed by atoms with Gasteiger partial charge in [0.2, 0.25) is 0 Å². The van der Waals surface area contributed by atoms with Gasteiger partial charge in [-0.3, -0.25) is 4.79 Å². The molecule has 1 aromatic heterocycles. The number of carbonyl (C=O) groups excluding carboxylic acids is 1. The quantitative estimate of drug-likeness (QED) is 0.475. The van der Waals surface area contributed by atoms with Crippen molar-refractivity contribution in [2.45, 2.75) is 32.2 Å². The molecular formula is C24H24N2O. The number of hydrogen-bond donors (Lipinski definition) is 1. The Morgan fingerprint density at radius 2 is 1.56 bits per heavy atom. The van der Waals surface area contributed by atoms with Crippen LogP contribution in [0.4, 0.5) is 0 Å². The number of benzene rings is 3. The van der Waals surface area contributed by atoms with Crippen molar-refractivity contribution in [2.75, 3.05) is 0 Å². The van der Waals surface area contributed by atoms with Crippen LogP contribution in [0.3, 0.4) is 0 Å². The molecule has 3 heteroatoms. The molecule has 0 unspecified atom stereocenters. The number of aromatic nitrogens is 1. The molecule has 3 nitrogen and oxygen atoms in total. The minimum atomic E-state index is -0.280. The first kappa shape index (κ1) is 17.5. The van der Waals surface area contributed by atoms with Gasteiger partial charge in [0.15, 0.2) is 0 Å². The van der Waals surface area contributed by atoms with Crippen LogP contribution in [-0.4, -0.2) is 10.9 Å². The lowest BCUT2D eigenvalue weighted by molar-refractivity contribution is 0.112. The van der Waals surface area contributed by atoms with E-state index in [9.17, 15) is 4.79 Å². The van der Waals surface area contributed by atoms with E-state index in [2.05, 4.69) is 54.8 Å². The van der Waals surface area contributed by atoms with Crippen molar-refractivity contribution in [3.63, 3.8) is 0 Å². The monoisotopic (exact) mass is 356 g/mol. The summed E-state index contributed by atoms with van der Waals surface area (Å²) >= 11 is 0. The molecular weight excluding hydrogens is 332 g/mol. The van der Waals surface area contributed by atoms with Gasteiger partial charge in [-0.25, -0.2) is 0 Å². The first-order valence-corrected chi connectivity index (χ1v) is 9.49. The molecule has 136 valence electrons. The summed E-state index contributed by atoms with van der Waals surface area (Å²) in [5.41, 5.74) is 11.5. The number of fused-ring (bicyclic) bond motifs is 3. The Morgan fingerprint density at radius 1 is 0.889 bits per heavy atom. The van der Waals surface area contributed by atoms with E-state index in [-0.39, 0.29) is 5.54 Å². The Bertz CT molecular complexity index is 1120. The van der Waals surface area contributed by atoms with Crippen molar-refractivity contribution in [3.05, 3.63) is 77.9 Å². The maximum Gasteiger partial charge on any atom is 0.150 e. The number of para-hydroxylation sites is 1. The van der Waals surface area contributed by atoms with E-state index < -0.39 is 0 Å². The molecule has 0 bridgehead atoms. The predicted molar refractivity (Wildman–Crippen MR) is 113 cm³/mol. The van der Waals surface area contributed by atoms with E-state index in [1.54, 1.807) is 0 Å². The van der Waals surface area contributed by atoms with Gasteiger partial charge in [-0.1, -0.05) is 44.2 Å². The molecule has 0 aliphatic carbocycles. The lowest BCUT2D eigenvalue weighted by Gasteiger charge is -2.27. The molecule has 0 saturated heterocycles. The predicted octanol–water partition coefficient (Wildman–Crippen LogP) is 5.57. The van der Waals surface area contributed by atoms with Crippen LogP contribution < -0.4 is 5.73 Å². The van der Waals surface area contributed by atoms with Crippen LogP contribution in [0.5, 0.6) is 0 Å². The lowest BCUT2D eigenvalue weighted by Crippen LogP contribution is -2.34. The number of aldehydes is 1. The van der Waals surface area contributed by atoms with Gasteiger partial charge in [-0.05, 0) is 54.8 Å². The summed E-state index contributed by atoms with van der Waals surface area (Å²) in [6, 6.07) is 22.7. The molecule has 1 heterocycles. The third kappa shape index (κ3) is 2.75. The molecule has 4 rings (SSSR count). The van der Waals surface area contributed by atoms with Gasteiger partial charge in [-0.15, -0.1) is 0 Å². The molecule has 4 aromatic rings. The third-order valence-electron chi connectivity index (χ3n) is 5.79. The summed E-state index contributed by atoms with van der Waals surface area (Å²) in [5, 5.41) is 2.24. The summed E-state index contributed by atoms with van der Waals surface area (Å²) in [7, 11) is 0. The number of nitrogens with zero attached hydrogens (tertiary/aromatic N) is 1. The van der Waals surface area contributed by atoms with E-state index in [0.717, 1.165) is 46.6 Å². The molecule has 0 fully saturated rings. The van der Waals surface area contributed by atoms with Gasteiger partial charge in [0, 0.05) is 27.6 Å². The highest BCUT2D eigenvalue weighted by Gasteiger charge is 2.22. The zero-order valence-corrected chi connectivity index (χ0v) is 15.8. The standard InChI is InChI=1S/C24H24N2O/c1-3-24(25,4-2)18-10-12-19(13-11-18)26-22-8-6-5-7-20(22)21-15-17(16-27)9-14-23(21)26/h5-16H,3-4,25H2,1-2H3. The molecule has 0 saturated carbocycles. The summed E-state index contributed by atoms with van der Waals surface area (Å²) in [4.78, 5) is 11.2. The van der Waals surface area contributed by atoms with Crippen molar-refractivity contribution in [2.24, 2.45) is 5.73 Å². The van der Waals surface area contributed by atoms with Crippen LogP contribution in [0.1, 0.15) is 42.6 Å². The average Bonchev–Trinajstić information content (AvgIpc) is 3.07. The van der Waals surface area contributed by atoms with Crippen molar-refractivity contribution in [3.8, 4) is 5.69 Å². The summed E-state index contributed by atoms with van der Waals surface area (Å²) in [6.45, 7) is 4.27. The zero-order valence-electron chi connectivity index (χ0n) is 15.8. The number of rotatable bonds is 5. The molecule has 0 radical (unpaired) electrons. The van der Waals surface area contributed by atoms with E-state index in [0.29, 0.717) is 5.56 Å². The maximum atomic E-state index is 11.2. The van der Waals surface area contributed by atoms with Gasteiger partial charge < -0.3 is 10.3 Å². The average molecular weight is 356 g/mol. The molecule has 0 spiro atoms. The zero-order chi connectivity index (χ0) is 19.0. The second kappa shape index (κ2) is 6.67. The minimum absolute atomic E-state index is 0.280. The number of nitrogens with two attached hydrogens (primary N) is 1. The van der Waals surface area contributed by atoms with E-state index in [1.807, 2.05) is 30.3 Å². The van der Waals surface area contributed by atoms with Crippen molar-refractivity contribution in [1.82, 2.24) is 4.57 Å². The van der Waals surface area contributed by atoms with Gasteiger partial charge in [0.05, 0.1) is 11.0 Å². The van der Waals surface area contributed by atoms with Crippen LogP contribution in [-0.2, 0) is 5.54 Å². The van der Waals surface area contributed by atoms with E-state index in [1.165, 1.54) is 5.56 Å². The number of carbonyl (C=O) groups is 1. The summed E-state index contributed by atoms with van der Waals surface area (Å²) < 4.78 is 2.25. The smallest absolute Gasteiger partial charge is 0.150 e. The van der Waals surface area contributed by atoms with Crippen LogP contribution in [0.2, 0.25) is 0 Å². The van der Waals surface area contributed by atoms with Gasteiger partial charge in [-0.2, -0.15) is 0 Å². The second-order valence-electron chi connectivity index (χ2n) is 7.16. The van der Waals surface area contributed by atoms with E-state index >= 15 is 0 Å². The van der Waals surface area contributed by atoms with Crippen molar-refractivity contribution >= 4 is 28.1 Å². The first-order chi connectivity index (χ1) is 13.1. The highest BCUT2D eigenvalue weighted by Crippen LogP contribution is 2.33.